The number of hydrogen-bond donors (Lipinski definition) is 1. The summed E-state index contributed by atoms with van der Waals surface area (Å²) in [6.07, 6.45) is 90.6. The quantitative estimate of drug-likeness (QED) is 0.0212. The summed E-state index contributed by atoms with van der Waals surface area (Å²) < 4.78 is 30.5. The predicted octanol–water partition coefficient (Wildman–Crippen LogP) is 22.6. The first-order chi connectivity index (χ1) is 42.4. The van der Waals surface area contributed by atoms with Crippen molar-refractivity contribution in [1.82, 2.24) is 5.32 Å². The third-order valence-corrected chi connectivity index (χ3v) is 16.7. The molecule has 87 heavy (non-hydrogen) atoms. The van der Waals surface area contributed by atoms with Crippen molar-refractivity contribution in [2.45, 2.75) is 328 Å². The number of rotatable bonds is 65. The van der Waals surface area contributed by atoms with E-state index < -0.39 is 26.6 Å². The van der Waals surface area contributed by atoms with Crippen LogP contribution in [0, 0.1) is 0 Å². The lowest BCUT2D eigenvalue weighted by Gasteiger charge is -2.30. The molecule has 502 valence electrons. The Hall–Kier alpha value is -3.33. The maximum atomic E-state index is 13.6. The second-order valence-corrected chi connectivity index (χ2v) is 26.8. The summed E-state index contributed by atoms with van der Waals surface area (Å²) >= 11 is 0. The van der Waals surface area contributed by atoms with Gasteiger partial charge in [-0.3, -0.25) is 14.2 Å². The Labute approximate surface area is 538 Å². The van der Waals surface area contributed by atoms with Crippen LogP contribution in [-0.2, 0) is 27.9 Å². The van der Waals surface area contributed by atoms with Crippen LogP contribution in [0.2, 0.25) is 0 Å². The number of carbonyl (C=O) groups is 2. The van der Waals surface area contributed by atoms with E-state index in [0.29, 0.717) is 17.4 Å². The number of unbranched alkanes of at least 4 members (excludes halogenated alkanes) is 33. The Morgan fingerprint density at radius 3 is 1.13 bits per heavy atom. The van der Waals surface area contributed by atoms with Gasteiger partial charge >= 0.3 is 5.97 Å². The number of phosphoric acid groups is 1. The zero-order valence-corrected chi connectivity index (χ0v) is 58.3. The van der Waals surface area contributed by atoms with Crippen molar-refractivity contribution in [3.05, 3.63) is 109 Å². The molecule has 0 aliphatic carbocycles. The second kappa shape index (κ2) is 65.6. The third-order valence-electron chi connectivity index (χ3n) is 15.7. The maximum Gasteiger partial charge on any atom is 0.306 e. The number of esters is 1. The van der Waals surface area contributed by atoms with E-state index in [1.807, 2.05) is 33.3 Å². The number of carbonyl (C=O) groups excluding carboxylic acids is 2. The molecule has 0 fully saturated rings. The molecule has 0 aromatic carbocycles. The standard InChI is InChI=1S/C77H137N2O7P/c1-7-10-13-16-19-22-25-28-30-32-34-36-37-38-39-40-41-43-44-46-48-51-54-57-60-63-66-69-76(80)78-74(73-85-87(82,83)84-72-71-79(4,5)6)75(68-65-62-59-56-53-50-27-24-21-18-15-12-9-3)86-77(81)70-67-64-61-58-55-52-49-47-45-42-35-33-31-29-26-23-20-17-14-11-8-2/h10,13,19-20,22-23,28-31,34,36,38-39,41,43,65,68,74-75H,7-9,11-12,14-18,21,24-27,32-33,35,37,40,42,44-64,66-67,69-73H2,1-6H3,(H-,78,80,82,83)/b13-10-,22-19-,23-20-,30-28-,31-29-,36-34-,39-38-,43-41-,68-65-. The summed E-state index contributed by atoms with van der Waals surface area (Å²) in [6, 6.07) is -0.901. The van der Waals surface area contributed by atoms with Gasteiger partial charge < -0.3 is 28.5 Å². The van der Waals surface area contributed by atoms with Gasteiger partial charge in [-0.25, -0.2) is 0 Å². The molecule has 0 aliphatic rings. The summed E-state index contributed by atoms with van der Waals surface area (Å²) in [5.74, 6) is -0.550. The van der Waals surface area contributed by atoms with Crippen LogP contribution in [0.3, 0.4) is 0 Å². The van der Waals surface area contributed by atoms with E-state index in [4.69, 9.17) is 13.8 Å². The van der Waals surface area contributed by atoms with E-state index in [2.05, 4.69) is 123 Å². The van der Waals surface area contributed by atoms with Gasteiger partial charge in [-0.15, -0.1) is 0 Å². The number of ether oxygens (including phenoxy) is 1. The topological polar surface area (TPSA) is 114 Å². The molecule has 0 radical (unpaired) electrons. The molecule has 3 atom stereocenters. The Morgan fingerprint density at radius 2 is 0.736 bits per heavy atom. The second-order valence-electron chi connectivity index (χ2n) is 25.4. The van der Waals surface area contributed by atoms with Gasteiger partial charge in [0.05, 0.1) is 33.8 Å². The summed E-state index contributed by atoms with van der Waals surface area (Å²) in [6.45, 7) is 6.72. The van der Waals surface area contributed by atoms with E-state index in [1.165, 1.54) is 167 Å². The van der Waals surface area contributed by atoms with Crippen LogP contribution < -0.4 is 10.2 Å². The Balaban J connectivity index is 5.12. The third kappa shape index (κ3) is 66.9. The molecule has 0 saturated carbocycles. The summed E-state index contributed by atoms with van der Waals surface area (Å²) in [7, 11) is 1.17. The van der Waals surface area contributed by atoms with Gasteiger partial charge in [-0.2, -0.15) is 0 Å². The fourth-order valence-corrected chi connectivity index (χ4v) is 10.9. The SMILES string of the molecule is CC/C=C\C/C=C\C/C=C\C/C=C\C/C=C\C/C=C\CCCCCCCCCCC(=O)NC(COP(=O)([O-])OCC[N+](C)(C)C)C(/C=C\CCCCCCCCCCCCC)OC(=O)CCCCCCCCCCCCC/C=C\C/C=C\CCCCC. The van der Waals surface area contributed by atoms with Crippen molar-refractivity contribution < 1.29 is 37.3 Å². The molecule has 0 aromatic rings. The van der Waals surface area contributed by atoms with Crippen LogP contribution in [-0.4, -0.2) is 69.4 Å². The van der Waals surface area contributed by atoms with Crippen LogP contribution in [0.15, 0.2) is 109 Å². The van der Waals surface area contributed by atoms with Crippen LogP contribution >= 0.6 is 7.82 Å². The smallest absolute Gasteiger partial charge is 0.306 e. The van der Waals surface area contributed by atoms with Gasteiger partial charge in [0.2, 0.25) is 5.91 Å². The molecule has 0 spiro atoms. The first-order valence-electron chi connectivity index (χ1n) is 36.2. The Kier molecular flexibility index (Phi) is 63.1. The highest BCUT2D eigenvalue weighted by Crippen LogP contribution is 2.38. The number of nitrogens with zero attached hydrogens (tertiary/aromatic N) is 1. The number of phosphoric ester groups is 1. The lowest BCUT2D eigenvalue weighted by molar-refractivity contribution is -0.870. The number of likely N-dealkylation sites (N-methyl/N-ethyl adjacent to an activating group) is 1. The van der Waals surface area contributed by atoms with Crippen molar-refractivity contribution in [2.24, 2.45) is 0 Å². The first-order valence-corrected chi connectivity index (χ1v) is 37.7. The van der Waals surface area contributed by atoms with Gasteiger partial charge in [0.15, 0.2) is 0 Å². The number of quaternary nitrogens is 1. The lowest BCUT2D eigenvalue weighted by atomic mass is 10.0. The minimum atomic E-state index is -4.72. The van der Waals surface area contributed by atoms with Crippen LogP contribution in [0.5, 0.6) is 0 Å². The number of allylic oxidation sites excluding steroid dienone is 17. The fourth-order valence-electron chi connectivity index (χ4n) is 10.1. The molecule has 0 saturated heterocycles. The molecular formula is C77H137N2O7P. The Bertz CT molecular complexity index is 1860. The van der Waals surface area contributed by atoms with Crippen LogP contribution in [0.1, 0.15) is 316 Å². The normalized spacial score (nSPS) is 14.1. The maximum absolute atomic E-state index is 13.6. The molecule has 3 unspecified atom stereocenters. The molecule has 1 N–H and O–H groups in total. The number of amides is 1. The number of hydrogen-bond acceptors (Lipinski definition) is 7. The molecule has 0 rings (SSSR count). The van der Waals surface area contributed by atoms with Crippen LogP contribution in [0.25, 0.3) is 0 Å². The van der Waals surface area contributed by atoms with Gasteiger partial charge in [-0.1, -0.05) is 297 Å². The first kappa shape index (κ1) is 83.7. The highest BCUT2D eigenvalue weighted by Gasteiger charge is 2.27. The predicted molar refractivity (Wildman–Crippen MR) is 376 cm³/mol. The highest BCUT2D eigenvalue weighted by molar-refractivity contribution is 7.45. The summed E-state index contributed by atoms with van der Waals surface area (Å²) in [4.78, 5) is 40.2. The van der Waals surface area contributed by atoms with Gasteiger partial charge in [0.25, 0.3) is 7.82 Å². The van der Waals surface area contributed by atoms with Crippen molar-refractivity contribution in [3.63, 3.8) is 0 Å². The minimum Gasteiger partial charge on any atom is -0.756 e. The fraction of sp³-hybridized carbons (Fsp3) is 0.740. The highest BCUT2D eigenvalue weighted by atomic mass is 31.2. The van der Waals surface area contributed by atoms with E-state index >= 15 is 0 Å². The molecule has 0 heterocycles. The zero-order chi connectivity index (χ0) is 63.5. The molecule has 0 aromatic heterocycles. The largest absolute Gasteiger partial charge is 0.756 e. The van der Waals surface area contributed by atoms with E-state index in [-0.39, 0.29) is 24.9 Å². The monoisotopic (exact) mass is 1230 g/mol. The van der Waals surface area contributed by atoms with Crippen molar-refractivity contribution in [1.29, 1.82) is 0 Å². The van der Waals surface area contributed by atoms with E-state index in [0.717, 1.165) is 116 Å². The van der Waals surface area contributed by atoms with Crippen molar-refractivity contribution >= 4 is 19.7 Å². The molecule has 0 bridgehead atoms. The Morgan fingerprint density at radius 1 is 0.414 bits per heavy atom. The zero-order valence-electron chi connectivity index (χ0n) is 57.4. The average molecular weight is 1230 g/mol. The molecule has 10 heteroatoms. The number of nitrogens with one attached hydrogen (secondary N) is 1. The molecule has 0 aliphatic heterocycles. The minimum absolute atomic E-state index is 0.0286. The molecule has 9 nitrogen and oxygen atoms in total. The average Bonchev–Trinajstić information content (AvgIpc) is 3.69. The summed E-state index contributed by atoms with van der Waals surface area (Å²) in [5.41, 5.74) is 0. The van der Waals surface area contributed by atoms with Crippen molar-refractivity contribution in [2.75, 3.05) is 40.9 Å². The van der Waals surface area contributed by atoms with E-state index in [9.17, 15) is 19.0 Å². The van der Waals surface area contributed by atoms with E-state index in [1.54, 1.807) is 0 Å². The lowest BCUT2D eigenvalue weighted by Crippen LogP contribution is -2.47. The van der Waals surface area contributed by atoms with Gasteiger partial charge in [0.1, 0.15) is 19.3 Å². The van der Waals surface area contributed by atoms with Crippen LogP contribution in [0.4, 0.5) is 0 Å². The molecular weight excluding hydrogens is 1100 g/mol. The van der Waals surface area contributed by atoms with Crippen molar-refractivity contribution in [3.8, 4) is 0 Å². The summed E-state index contributed by atoms with van der Waals surface area (Å²) in [5, 5.41) is 3.04. The van der Waals surface area contributed by atoms with Gasteiger partial charge in [-0.05, 0) is 115 Å². The van der Waals surface area contributed by atoms with Gasteiger partial charge in [0, 0.05) is 12.8 Å². The molecule has 1 amide bonds.